The van der Waals surface area contributed by atoms with E-state index in [9.17, 15) is 22.4 Å². The topological polar surface area (TPSA) is 93.2 Å². The Labute approximate surface area is 189 Å². The van der Waals surface area contributed by atoms with E-state index in [0.29, 0.717) is 4.31 Å². The number of sulfonamides is 1. The van der Waals surface area contributed by atoms with E-state index in [2.05, 4.69) is 0 Å². The molecule has 170 valence electrons. The van der Waals surface area contributed by atoms with Gasteiger partial charge in [0, 0.05) is 23.8 Å². The summed E-state index contributed by atoms with van der Waals surface area (Å²) in [5.74, 6) is -0.434. The number of rotatable bonds is 6. The van der Waals surface area contributed by atoms with Gasteiger partial charge in [-0.2, -0.15) is 4.31 Å². The maximum atomic E-state index is 13.5. The first-order valence-corrected chi connectivity index (χ1v) is 11.2. The van der Waals surface area contributed by atoms with Gasteiger partial charge in [-0.15, -0.1) is 0 Å². The number of para-hydroxylation sites is 1. The van der Waals surface area contributed by atoms with Crippen LogP contribution in [0.5, 0.6) is 11.5 Å². The summed E-state index contributed by atoms with van der Waals surface area (Å²) in [5, 5.41) is 0. The number of methoxy groups -OCH3 is 2. The third-order valence-electron chi connectivity index (χ3n) is 5.12. The average Bonchev–Trinajstić information content (AvgIpc) is 2.81. The van der Waals surface area contributed by atoms with Crippen molar-refractivity contribution in [3.05, 3.63) is 78.1 Å². The molecule has 0 spiro atoms. The molecule has 1 aliphatic rings. The number of halogens is 1. The van der Waals surface area contributed by atoms with E-state index >= 15 is 0 Å². The van der Waals surface area contributed by atoms with Crippen molar-refractivity contribution in [3.63, 3.8) is 0 Å². The van der Waals surface area contributed by atoms with Crippen molar-refractivity contribution < 1.29 is 31.9 Å². The molecule has 0 bridgehead atoms. The zero-order chi connectivity index (χ0) is 23.8. The van der Waals surface area contributed by atoms with E-state index < -0.39 is 34.2 Å². The highest BCUT2D eigenvalue weighted by Gasteiger charge is 2.43. The number of fused-ring (bicyclic) bond motifs is 1. The highest BCUT2D eigenvalue weighted by atomic mass is 32.2. The zero-order valence-corrected chi connectivity index (χ0v) is 18.5. The lowest BCUT2D eigenvalue weighted by molar-refractivity contribution is 0.0999. The number of Topliss-reactive ketones (excluding diaryl/α,β-unsaturated/α-hetero) is 1. The molecule has 1 heterocycles. The Morgan fingerprint density at radius 2 is 1.55 bits per heavy atom. The van der Waals surface area contributed by atoms with Gasteiger partial charge in [0.1, 0.15) is 22.2 Å². The highest BCUT2D eigenvalue weighted by Crippen LogP contribution is 2.39. The van der Waals surface area contributed by atoms with Crippen LogP contribution < -0.4 is 18.7 Å². The Bertz CT molecular complexity index is 1320. The molecule has 0 fully saturated rings. The predicted molar refractivity (Wildman–Crippen MR) is 119 cm³/mol. The van der Waals surface area contributed by atoms with Crippen LogP contribution >= 0.6 is 0 Å². The molecule has 3 aromatic rings. The second-order valence-electron chi connectivity index (χ2n) is 7.11. The number of urea groups is 1. The molecule has 0 aliphatic carbocycles. The molecule has 0 aromatic heterocycles. The van der Waals surface area contributed by atoms with Crippen LogP contribution in [0.15, 0.2) is 71.6 Å². The SMILES string of the molecule is COc1cc(OC)cc(N2C(=O)N(CC(=O)c3ccc(F)cc3)c3ccccc3S2(=O)=O)c1. The summed E-state index contributed by atoms with van der Waals surface area (Å²) in [4.78, 5) is 27.3. The number of amides is 2. The number of nitrogens with zero attached hydrogens (tertiary/aromatic N) is 2. The lowest BCUT2D eigenvalue weighted by Crippen LogP contribution is -2.52. The van der Waals surface area contributed by atoms with Gasteiger partial charge in [0.15, 0.2) is 5.78 Å². The van der Waals surface area contributed by atoms with Gasteiger partial charge in [-0.3, -0.25) is 9.69 Å². The molecule has 8 nitrogen and oxygen atoms in total. The van der Waals surface area contributed by atoms with Crippen molar-refractivity contribution in [2.75, 3.05) is 30.0 Å². The van der Waals surface area contributed by atoms with Crippen molar-refractivity contribution in [2.24, 2.45) is 0 Å². The van der Waals surface area contributed by atoms with Crippen LogP contribution in [0, 0.1) is 5.82 Å². The summed E-state index contributed by atoms with van der Waals surface area (Å²) in [7, 11) is -1.51. The number of ketones is 1. The Morgan fingerprint density at radius 1 is 0.939 bits per heavy atom. The third kappa shape index (κ3) is 4.00. The molecular weight excluding hydrogens is 451 g/mol. The fourth-order valence-electron chi connectivity index (χ4n) is 3.49. The van der Waals surface area contributed by atoms with Crippen LogP contribution in [0.4, 0.5) is 20.6 Å². The fourth-order valence-corrected chi connectivity index (χ4v) is 5.07. The number of carbonyl (C=O) groups is 2. The van der Waals surface area contributed by atoms with Crippen LogP contribution in [-0.2, 0) is 10.0 Å². The molecule has 1 aliphatic heterocycles. The molecule has 33 heavy (non-hydrogen) atoms. The number of ether oxygens (including phenoxy) is 2. The summed E-state index contributed by atoms with van der Waals surface area (Å²) in [5.41, 5.74) is 0.249. The number of hydrogen-bond acceptors (Lipinski definition) is 6. The Morgan fingerprint density at radius 3 is 2.15 bits per heavy atom. The third-order valence-corrected chi connectivity index (χ3v) is 6.87. The van der Waals surface area contributed by atoms with Gasteiger partial charge in [0.25, 0.3) is 10.0 Å². The summed E-state index contributed by atoms with van der Waals surface area (Å²) >= 11 is 0. The lowest BCUT2D eigenvalue weighted by atomic mass is 10.1. The fraction of sp³-hybridized carbons (Fsp3) is 0.130. The van der Waals surface area contributed by atoms with Crippen molar-refractivity contribution in [2.45, 2.75) is 4.90 Å². The first-order valence-electron chi connectivity index (χ1n) is 9.74. The predicted octanol–water partition coefficient (Wildman–Crippen LogP) is 3.86. The van der Waals surface area contributed by atoms with E-state index in [1.165, 1.54) is 62.8 Å². The molecular formula is C23H19FN2O6S. The van der Waals surface area contributed by atoms with Crippen LogP contribution in [0.2, 0.25) is 0 Å². The number of anilines is 2. The monoisotopic (exact) mass is 470 g/mol. The molecule has 0 unspecified atom stereocenters. The minimum atomic E-state index is -4.30. The van der Waals surface area contributed by atoms with Crippen molar-refractivity contribution in [1.29, 1.82) is 0 Å². The first kappa shape index (κ1) is 22.3. The zero-order valence-electron chi connectivity index (χ0n) is 17.7. The molecule has 2 amide bonds. The molecule has 4 rings (SSSR count). The minimum Gasteiger partial charge on any atom is -0.497 e. The molecule has 3 aromatic carbocycles. The maximum Gasteiger partial charge on any atom is 0.343 e. The number of carbonyl (C=O) groups excluding carboxylic acids is 2. The molecule has 0 saturated heterocycles. The van der Waals surface area contributed by atoms with E-state index in [1.807, 2.05) is 0 Å². The molecule has 0 saturated carbocycles. The van der Waals surface area contributed by atoms with Gasteiger partial charge in [-0.1, -0.05) is 12.1 Å². The maximum absolute atomic E-state index is 13.5. The smallest absolute Gasteiger partial charge is 0.343 e. The summed E-state index contributed by atoms with van der Waals surface area (Å²) < 4.78 is 51.1. The number of benzene rings is 3. The summed E-state index contributed by atoms with van der Waals surface area (Å²) in [6, 6.07) is 14.1. The van der Waals surface area contributed by atoms with Gasteiger partial charge in [0.05, 0.1) is 32.1 Å². The van der Waals surface area contributed by atoms with E-state index in [1.54, 1.807) is 6.07 Å². The molecule has 0 N–H and O–H groups in total. The standard InChI is InChI=1S/C23H19FN2O6S/c1-31-18-11-17(12-19(13-18)32-2)26-23(28)25(14-21(27)15-7-9-16(24)10-8-15)20-5-3-4-6-22(20)33(26,29)30/h3-13H,14H2,1-2H3. The van der Waals surface area contributed by atoms with E-state index in [-0.39, 0.29) is 33.3 Å². The molecule has 0 radical (unpaired) electrons. The average molecular weight is 470 g/mol. The van der Waals surface area contributed by atoms with Gasteiger partial charge in [0.2, 0.25) is 0 Å². The highest BCUT2D eigenvalue weighted by molar-refractivity contribution is 7.94. The van der Waals surface area contributed by atoms with Crippen molar-refractivity contribution in [3.8, 4) is 11.5 Å². The van der Waals surface area contributed by atoms with Crippen molar-refractivity contribution >= 4 is 33.2 Å². The van der Waals surface area contributed by atoms with Crippen LogP contribution in [0.25, 0.3) is 0 Å². The second-order valence-corrected chi connectivity index (χ2v) is 8.86. The quantitative estimate of drug-likeness (QED) is 0.508. The van der Waals surface area contributed by atoms with Crippen molar-refractivity contribution in [1.82, 2.24) is 0 Å². The van der Waals surface area contributed by atoms with Crippen LogP contribution in [0.3, 0.4) is 0 Å². The largest absolute Gasteiger partial charge is 0.497 e. The second kappa shape index (κ2) is 8.55. The summed E-state index contributed by atoms with van der Waals surface area (Å²) in [6.07, 6.45) is 0. The minimum absolute atomic E-state index is 0.00932. The Kier molecular flexibility index (Phi) is 5.77. The first-order chi connectivity index (χ1) is 15.8. The Hall–Kier alpha value is -3.92. The van der Waals surface area contributed by atoms with E-state index in [0.717, 1.165) is 17.0 Å². The normalized spacial score (nSPS) is 14.6. The van der Waals surface area contributed by atoms with Gasteiger partial charge >= 0.3 is 6.03 Å². The van der Waals surface area contributed by atoms with E-state index in [4.69, 9.17) is 9.47 Å². The van der Waals surface area contributed by atoms with Crippen LogP contribution in [0.1, 0.15) is 10.4 Å². The van der Waals surface area contributed by atoms with Gasteiger partial charge < -0.3 is 9.47 Å². The molecule has 0 atom stereocenters. The molecule has 10 heteroatoms. The Balaban J connectivity index is 1.83. The van der Waals surface area contributed by atoms with Gasteiger partial charge in [-0.25, -0.2) is 17.6 Å². The summed E-state index contributed by atoms with van der Waals surface area (Å²) in [6.45, 7) is -0.450. The lowest BCUT2D eigenvalue weighted by Gasteiger charge is -2.36. The van der Waals surface area contributed by atoms with Gasteiger partial charge in [-0.05, 0) is 36.4 Å². The number of hydrogen-bond donors (Lipinski definition) is 0. The van der Waals surface area contributed by atoms with Crippen LogP contribution in [-0.4, -0.2) is 41.0 Å².